The number of nitrogens with one attached hydrogen (secondary N) is 1. The van der Waals surface area contributed by atoms with E-state index in [4.69, 9.17) is 5.73 Å². The molecule has 102 valence electrons. The minimum Gasteiger partial charge on any atom is -0.341 e. The number of halogens is 1. The molecule has 0 saturated carbocycles. The van der Waals surface area contributed by atoms with Crippen LogP contribution in [-0.4, -0.2) is 9.97 Å². The molecule has 0 aliphatic carbocycles. The smallest absolute Gasteiger partial charge is 0.108 e. The maximum atomic E-state index is 6.21. The Balaban J connectivity index is 1.74. The van der Waals surface area contributed by atoms with Gasteiger partial charge in [-0.25, -0.2) is 4.98 Å². The molecule has 0 fully saturated rings. The number of thiophene rings is 1. The predicted molar refractivity (Wildman–Crippen MR) is 86.7 cm³/mol. The summed E-state index contributed by atoms with van der Waals surface area (Å²) in [6.45, 7) is 0. The van der Waals surface area contributed by atoms with Crippen LogP contribution in [0.2, 0.25) is 0 Å². The van der Waals surface area contributed by atoms with E-state index in [1.807, 2.05) is 36.5 Å². The van der Waals surface area contributed by atoms with Crippen LogP contribution in [-0.2, 0) is 6.42 Å². The lowest BCUT2D eigenvalue weighted by Crippen LogP contribution is -2.13. The van der Waals surface area contributed by atoms with E-state index in [1.54, 1.807) is 11.3 Å². The van der Waals surface area contributed by atoms with Crippen LogP contribution < -0.4 is 5.73 Å². The Labute approximate surface area is 130 Å². The van der Waals surface area contributed by atoms with E-state index in [0.717, 1.165) is 21.6 Å². The lowest BCUT2D eigenvalue weighted by Gasteiger charge is -2.09. The number of imidazole rings is 1. The first kappa shape index (κ1) is 13.5. The SMILES string of the molecule is NC(Cc1ncc(-c2cc(Br)cs2)[nH]1)c1ccccc1. The van der Waals surface area contributed by atoms with Crippen LogP contribution in [0.3, 0.4) is 0 Å². The van der Waals surface area contributed by atoms with Crippen LogP contribution in [0.15, 0.2) is 52.4 Å². The third-order valence-corrected chi connectivity index (χ3v) is 4.83. The number of rotatable bonds is 4. The molecule has 1 unspecified atom stereocenters. The number of aromatic nitrogens is 2. The van der Waals surface area contributed by atoms with Crippen molar-refractivity contribution in [3.05, 3.63) is 63.8 Å². The standard InChI is InChI=1S/C15H14BrN3S/c16-11-6-14(20-9-11)13-8-18-15(19-13)7-12(17)10-4-2-1-3-5-10/h1-6,8-9,12H,7,17H2,(H,18,19). The lowest BCUT2D eigenvalue weighted by atomic mass is 10.0. The van der Waals surface area contributed by atoms with Crippen LogP contribution in [0.5, 0.6) is 0 Å². The minimum atomic E-state index is -0.0368. The average Bonchev–Trinajstić information content (AvgIpc) is 3.09. The third kappa shape index (κ3) is 3.00. The fourth-order valence-electron chi connectivity index (χ4n) is 2.07. The average molecular weight is 348 g/mol. The highest BCUT2D eigenvalue weighted by molar-refractivity contribution is 9.10. The van der Waals surface area contributed by atoms with Crippen LogP contribution in [0.1, 0.15) is 17.4 Å². The number of hydrogen-bond acceptors (Lipinski definition) is 3. The Hall–Kier alpha value is -1.43. The van der Waals surface area contributed by atoms with Crippen LogP contribution in [0.4, 0.5) is 0 Å². The summed E-state index contributed by atoms with van der Waals surface area (Å²) in [6, 6.07) is 12.1. The molecule has 0 aliphatic rings. The fraction of sp³-hybridized carbons (Fsp3) is 0.133. The Morgan fingerprint density at radius 1 is 1.30 bits per heavy atom. The molecule has 5 heteroatoms. The number of hydrogen-bond donors (Lipinski definition) is 2. The van der Waals surface area contributed by atoms with E-state index in [0.29, 0.717) is 6.42 Å². The first-order valence-electron chi connectivity index (χ1n) is 6.31. The summed E-state index contributed by atoms with van der Waals surface area (Å²) in [5, 5.41) is 2.06. The van der Waals surface area contributed by atoms with Gasteiger partial charge in [-0.15, -0.1) is 11.3 Å². The van der Waals surface area contributed by atoms with Gasteiger partial charge in [0.05, 0.1) is 16.8 Å². The van der Waals surface area contributed by atoms with Crippen molar-refractivity contribution in [1.29, 1.82) is 0 Å². The molecule has 0 aliphatic heterocycles. The van der Waals surface area contributed by atoms with Crippen LogP contribution in [0, 0.1) is 0 Å². The van der Waals surface area contributed by atoms with Gasteiger partial charge in [0.1, 0.15) is 5.82 Å². The van der Waals surface area contributed by atoms with Crippen molar-refractivity contribution in [1.82, 2.24) is 9.97 Å². The van der Waals surface area contributed by atoms with E-state index in [2.05, 4.69) is 37.3 Å². The summed E-state index contributed by atoms with van der Waals surface area (Å²) in [4.78, 5) is 8.94. The first-order chi connectivity index (χ1) is 9.72. The van der Waals surface area contributed by atoms with Crippen molar-refractivity contribution in [2.75, 3.05) is 0 Å². The molecule has 0 amide bonds. The Bertz CT molecular complexity index is 690. The summed E-state index contributed by atoms with van der Waals surface area (Å²) >= 11 is 5.15. The van der Waals surface area contributed by atoms with Crippen molar-refractivity contribution in [3.8, 4) is 10.6 Å². The molecule has 3 N–H and O–H groups in total. The summed E-state index contributed by atoms with van der Waals surface area (Å²) in [6.07, 6.45) is 2.57. The highest BCUT2D eigenvalue weighted by Crippen LogP contribution is 2.28. The number of H-pyrrole nitrogens is 1. The van der Waals surface area contributed by atoms with E-state index < -0.39 is 0 Å². The van der Waals surface area contributed by atoms with E-state index in [-0.39, 0.29) is 6.04 Å². The molecule has 0 bridgehead atoms. The van der Waals surface area contributed by atoms with Crippen molar-refractivity contribution < 1.29 is 0 Å². The Kier molecular flexibility index (Phi) is 4.00. The maximum Gasteiger partial charge on any atom is 0.108 e. The van der Waals surface area contributed by atoms with E-state index >= 15 is 0 Å². The largest absolute Gasteiger partial charge is 0.341 e. The second kappa shape index (κ2) is 5.91. The quantitative estimate of drug-likeness (QED) is 0.744. The summed E-state index contributed by atoms with van der Waals surface area (Å²) in [7, 11) is 0. The molecule has 2 aromatic heterocycles. The minimum absolute atomic E-state index is 0.0368. The van der Waals surface area contributed by atoms with Crippen LogP contribution in [0.25, 0.3) is 10.6 Å². The maximum absolute atomic E-state index is 6.21. The van der Waals surface area contributed by atoms with Gasteiger partial charge in [0, 0.05) is 22.3 Å². The molecule has 1 aromatic carbocycles. The van der Waals surface area contributed by atoms with E-state index in [9.17, 15) is 0 Å². The van der Waals surface area contributed by atoms with Gasteiger partial charge >= 0.3 is 0 Å². The van der Waals surface area contributed by atoms with Gasteiger partial charge < -0.3 is 10.7 Å². The fourth-order valence-corrected chi connectivity index (χ4v) is 3.47. The van der Waals surface area contributed by atoms with Gasteiger partial charge in [0.2, 0.25) is 0 Å². The van der Waals surface area contributed by atoms with Crippen molar-refractivity contribution in [2.24, 2.45) is 5.73 Å². The zero-order valence-electron chi connectivity index (χ0n) is 10.7. The zero-order valence-corrected chi connectivity index (χ0v) is 13.1. The highest BCUT2D eigenvalue weighted by Gasteiger charge is 2.10. The van der Waals surface area contributed by atoms with Gasteiger partial charge in [-0.1, -0.05) is 30.3 Å². The van der Waals surface area contributed by atoms with Gasteiger partial charge in [-0.3, -0.25) is 0 Å². The van der Waals surface area contributed by atoms with Crippen molar-refractivity contribution >= 4 is 27.3 Å². The number of aromatic amines is 1. The van der Waals surface area contributed by atoms with Gasteiger partial charge in [-0.05, 0) is 27.6 Å². The molecule has 0 radical (unpaired) electrons. The molecule has 3 aromatic rings. The monoisotopic (exact) mass is 347 g/mol. The molecular formula is C15H14BrN3S. The number of benzene rings is 1. The Morgan fingerprint density at radius 2 is 2.10 bits per heavy atom. The van der Waals surface area contributed by atoms with E-state index in [1.165, 1.54) is 4.88 Å². The third-order valence-electron chi connectivity index (χ3n) is 3.10. The molecule has 20 heavy (non-hydrogen) atoms. The van der Waals surface area contributed by atoms with Gasteiger partial charge in [0.25, 0.3) is 0 Å². The highest BCUT2D eigenvalue weighted by atomic mass is 79.9. The lowest BCUT2D eigenvalue weighted by molar-refractivity contribution is 0.695. The molecule has 3 nitrogen and oxygen atoms in total. The molecule has 3 rings (SSSR count). The van der Waals surface area contributed by atoms with Gasteiger partial charge in [0.15, 0.2) is 0 Å². The topological polar surface area (TPSA) is 54.7 Å². The van der Waals surface area contributed by atoms with Crippen molar-refractivity contribution in [2.45, 2.75) is 12.5 Å². The first-order valence-corrected chi connectivity index (χ1v) is 7.98. The normalized spacial score (nSPS) is 12.5. The summed E-state index contributed by atoms with van der Waals surface area (Å²) < 4.78 is 1.09. The van der Waals surface area contributed by atoms with Crippen LogP contribution >= 0.6 is 27.3 Å². The Morgan fingerprint density at radius 3 is 2.80 bits per heavy atom. The van der Waals surface area contributed by atoms with Crippen molar-refractivity contribution in [3.63, 3.8) is 0 Å². The molecule has 2 heterocycles. The van der Waals surface area contributed by atoms with Gasteiger partial charge in [-0.2, -0.15) is 0 Å². The number of nitrogens with two attached hydrogens (primary N) is 1. The summed E-state index contributed by atoms with van der Waals surface area (Å²) in [5.41, 5.74) is 8.38. The molecular weight excluding hydrogens is 334 g/mol. The molecule has 0 spiro atoms. The summed E-state index contributed by atoms with van der Waals surface area (Å²) in [5.74, 6) is 0.917. The molecule has 0 saturated heterocycles. The molecule has 1 atom stereocenters. The predicted octanol–water partition coefficient (Wildman–Crippen LogP) is 4.14. The zero-order chi connectivity index (χ0) is 13.9. The second-order valence-corrected chi connectivity index (χ2v) is 6.42. The number of nitrogens with zero attached hydrogens (tertiary/aromatic N) is 1. The second-order valence-electron chi connectivity index (χ2n) is 4.59.